The molecule has 0 saturated carbocycles. The summed E-state index contributed by atoms with van der Waals surface area (Å²) in [5, 5.41) is 0. The highest BCUT2D eigenvalue weighted by Gasteiger charge is 2.40. The van der Waals surface area contributed by atoms with Gasteiger partial charge in [-0.25, -0.2) is 17.5 Å². The number of fused-ring (bicyclic) bond motifs is 1. The summed E-state index contributed by atoms with van der Waals surface area (Å²) in [6.45, 7) is 3.11. The van der Waals surface area contributed by atoms with E-state index in [-0.39, 0.29) is 23.6 Å². The highest BCUT2D eigenvalue weighted by atomic mass is 32.2. The normalized spacial score (nSPS) is 15.5. The third kappa shape index (κ3) is 2.97. The van der Waals surface area contributed by atoms with Crippen molar-refractivity contribution in [3.05, 3.63) is 41.5 Å². The van der Waals surface area contributed by atoms with Gasteiger partial charge in [-0.1, -0.05) is 17.7 Å². The monoisotopic (exact) mass is 309 g/mol. The van der Waals surface area contributed by atoms with E-state index in [4.69, 9.17) is 4.74 Å². The summed E-state index contributed by atoms with van der Waals surface area (Å²) in [5.74, 6) is -1.15. The molecule has 112 valence electrons. The summed E-state index contributed by atoms with van der Waals surface area (Å²) in [7, 11) is -3.84. The van der Waals surface area contributed by atoms with Crippen LogP contribution in [-0.4, -0.2) is 37.8 Å². The maximum absolute atomic E-state index is 12.2. The molecule has 0 atom stereocenters. The molecule has 0 fully saturated rings. The van der Waals surface area contributed by atoms with Crippen LogP contribution in [0.2, 0.25) is 0 Å². The zero-order valence-corrected chi connectivity index (χ0v) is 12.5. The van der Waals surface area contributed by atoms with E-state index in [1.807, 2.05) is 0 Å². The molecular weight excluding hydrogens is 294 g/mol. The van der Waals surface area contributed by atoms with Crippen molar-refractivity contribution in [1.82, 2.24) is 4.31 Å². The van der Waals surface area contributed by atoms with Crippen molar-refractivity contribution >= 4 is 21.9 Å². The Bertz CT molecular complexity index is 717. The number of carbonyl (C=O) groups is 2. The number of benzene rings is 1. The molecule has 0 aromatic heterocycles. The lowest BCUT2D eigenvalue weighted by Crippen LogP contribution is -2.33. The summed E-state index contributed by atoms with van der Waals surface area (Å²) >= 11 is 0. The van der Waals surface area contributed by atoms with E-state index in [0.29, 0.717) is 0 Å². The maximum Gasteiger partial charge on any atom is 0.330 e. The Hall–Kier alpha value is -2.15. The van der Waals surface area contributed by atoms with Crippen molar-refractivity contribution in [2.45, 2.75) is 18.7 Å². The number of sulfonamides is 1. The zero-order valence-electron chi connectivity index (χ0n) is 11.7. The minimum atomic E-state index is -3.84. The van der Waals surface area contributed by atoms with E-state index in [1.165, 1.54) is 18.2 Å². The van der Waals surface area contributed by atoms with Gasteiger partial charge in [0, 0.05) is 6.08 Å². The summed E-state index contributed by atoms with van der Waals surface area (Å²) in [4.78, 5) is 23.4. The Morgan fingerprint density at radius 2 is 1.95 bits per heavy atom. The van der Waals surface area contributed by atoms with E-state index in [9.17, 15) is 18.0 Å². The highest BCUT2D eigenvalue weighted by Crippen LogP contribution is 2.29. The van der Waals surface area contributed by atoms with Crippen LogP contribution in [0.25, 0.3) is 0 Å². The maximum atomic E-state index is 12.2. The number of hydrogen-bond acceptors (Lipinski definition) is 5. The lowest BCUT2D eigenvalue weighted by atomic mass is 10.2. The van der Waals surface area contributed by atoms with E-state index in [0.717, 1.165) is 9.88 Å². The number of carbonyl (C=O) groups excluding carboxylic acids is 2. The Morgan fingerprint density at radius 1 is 1.29 bits per heavy atom. The third-order valence-corrected chi connectivity index (χ3v) is 4.70. The third-order valence-electron chi connectivity index (χ3n) is 2.86. The van der Waals surface area contributed by atoms with Gasteiger partial charge in [-0.15, -0.1) is 0 Å². The first-order valence-corrected chi connectivity index (χ1v) is 7.76. The molecular formula is C14H15NO5S. The lowest BCUT2D eigenvalue weighted by Gasteiger charge is -2.14. The lowest BCUT2D eigenvalue weighted by molar-refractivity contribution is -0.137. The van der Waals surface area contributed by atoms with E-state index < -0.39 is 21.9 Å². The molecule has 1 aromatic rings. The topological polar surface area (TPSA) is 80.8 Å². The second kappa shape index (κ2) is 5.69. The molecule has 21 heavy (non-hydrogen) atoms. The average Bonchev–Trinajstić information content (AvgIpc) is 2.59. The van der Waals surface area contributed by atoms with E-state index in [2.05, 4.69) is 0 Å². The Morgan fingerprint density at radius 3 is 2.57 bits per heavy atom. The van der Waals surface area contributed by atoms with Crippen LogP contribution in [0.5, 0.6) is 0 Å². The fraction of sp³-hybridized carbons (Fsp3) is 0.286. The standard InChI is InChI=1S/C14H15NO5S/c1-10(2)9-13(16)20-8-7-15-14(17)11-5-3-4-6-12(11)21(15,18)19/h3-6,9H,7-8H2,1-2H3. The Kier molecular flexibility index (Phi) is 4.13. The van der Waals surface area contributed by atoms with Crippen LogP contribution in [-0.2, 0) is 19.6 Å². The number of hydrogen-bond donors (Lipinski definition) is 0. The van der Waals surface area contributed by atoms with Crippen LogP contribution < -0.4 is 0 Å². The van der Waals surface area contributed by atoms with Gasteiger partial charge in [0.25, 0.3) is 15.9 Å². The van der Waals surface area contributed by atoms with Gasteiger partial charge < -0.3 is 4.74 Å². The van der Waals surface area contributed by atoms with Crippen LogP contribution in [0.4, 0.5) is 0 Å². The highest BCUT2D eigenvalue weighted by molar-refractivity contribution is 7.90. The molecule has 1 aliphatic heterocycles. The number of allylic oxidation sites excluding steroid dienone is 1. The molecule has 0 aliphatic carbocycles. The molecule has 7 heteroatoms. The first-order valence-electron chi connectivity index (χ1n) is 6.32. The van der Waals surface area contributed by atoms with Crippen LogP contribution in [0.3, 0.4) is 0 Å². The van der Waals surface area contributed by atoms with Crippen molar-refractivity contribution in [2.24, 2.45) is 0 Å². The predicted octanol–water partition coefficient (Wildman–Crippen LogP) is 1.34. The quantitative estimate of drug-likeness (QED) is 0.619. The Balaban J connectivity index is 2.08. The van der Waals surface area contributed by atoms with Crippen molar-refractivity contribution in [1.29, 1.82) is 0 Å². The van der Waals surface area contributed by atoms with Crippen LogP contribution >= 0.6 is 0 Å². The Labute approximate surface area is 123 Å². The summed E-state index contributed by atoms with van der Waals surface area (Å²) in [6, 6.07) is 6.01. The molecule has 0 N–H and O–H groups in total. The number of amides is 1. The number of esters is 1. The van der Waals surface area contributed by atoms with Gasteiger partial charge >= 0.3 is 5.97 Å². The van der Waals surface area contributed by atoms with Gasteiger partial charge in [-0.05, 0) is 26.0 Å². The fourth-order valence-corrected chi connectivity index (χ4v) is 3.51. The van der Waals surface area contributed by atoms with Crippen LogP contribution in [0, 0.1) is 0 Å². The summed E-state index contributed by atoms with van der Waals surface area (Å²) < 4.78 is 30.0. The molecule has 1 heterocycles. The molecule has 0 unspecified atom stereocenters. The molecule has 1 aliphatic rings. The molecule has 1 aromatic carbocycles. The minimum Gasteiger partial charge on any atom is -0.461 e. The first-order chi connectivity index (χ1) is 9.84. The van der Waals surface area contributed by atoms with Crippen LogP contribution in [0.1, 0.15) is 24.2 Å². The summed E-state index contributed by atoms with van der Waals surface area (Å²) in [6.07, 6.45) is 1.30. The molecule has 6 nitrogen and oxygen atoms in total. The van der Waals surface area contributed by atoms with Crippen molar-refractivity contribution in [2.75, 3.05) is 13.2 Å². The van der Waals surface area contributed by atoms with E-state index >= 15 is 0 Å². The zero-order chi connectivity index (χ0) is 15.6. The van der Waals surface area contributed by atoms with Gasteiger partial charge in [0.2, 0.25) is 0 Å². The minimum absolute atomic E-state index is 0.00868. The van der Waals surface area contributed by atoms with Crippen molar-refractivity contribution in [3.63, 3.8) is 0 Å². The van der Waals surface area contributed by atoms with Gasteiger partial charge in [-0.3, -0.25) is 4.79 Å². The number of rotatable bonds is 4. The largest absolute Gasteiger partial charge is 0.461 e. The van der Waals surface area contributed by atoms with E-state index in [1.54, 1.807) is 26.0 Å². The van der Waals surface area contributed by atoms with Crippen molar-refractivity contribution in [3.8, 4) is 0 Å². The van der Waals surface area contributed by atoms with Gasteiger partial charge in [0.15, 0.2) is 0 Å². The smallest absolute Gasteiger partial charge is 0.330 e. The molecule has 0 radical (unpaired) electrons. The summed E-state index contributed by atoms with van der Waals surface area (Å²) in [5.41, 5.74) is 0.922. The molecule has 0 spiro atoms. The van der Waals surface area contributed by atoms with Crippen molar-refractivity contribution < 1.29 is 22.7 Å². The number of ether oxygens (including phenoxy) is 1. The SMILES string of the molecule is CC(C)=CC(=O)OCCN1C(=O)c2ccccc2S1(=O)=O. The van der Waals surface area contributed by atoms with Gasteiger partial charge in [-0.2, -0.15) is 0 Å². The molecule has 1 amide bonds. The predicted molar refractivity (Wildman–Crippen MR) is 75.1 cm³/mol. The van der Waals surface area contributed by atoms with Gasteiger partial charge in [0.1, 0.15) is 11.5 Å². The van der Waals surface area contributed by atoms with Crippen LogP contribution in [0.15, 0.2) is 40.8 Å². The average molecular weight is 309 g/mol. The second-order valence-electron chi connectivity index (χ2n) is 4.77. The van der Waals surface area contributed by atoms with Gasteiger partial charge in [0.05, 0.1) is 12.1 Å². The second-order valence-corrected chi connectivity index (χ2v) is 6.60. The molecule has 2 rings (SSSR count). The number of nitrogens with zero attached hydrogens (tertiary/aromatic N) is 1. The first kappa shape index (κ1) is 15.2. The fourth-order valence-electron chi connectivity index (χ4n) is 1.96. The molecule has 0 saturated heterocycles. The molecule has 0 bridgehead atoms.